The molecule has 1 unspecified atom stereocenters. The molecule has 5 heteroatoms. The van der Waals surface area contributed by atoms with E-state index in [0.29, 0.717) is 5.22 Å². The number of thiazole rings is 1. The van der Waals surface area contributed by atoms with Gasteiger partial charge in [-0.2, -0.15) is 0 Å². The van der Waals surface area contributed by atoms with Crippen molar-refractivity contribution in [2.75, 3.05) is 7.05 Å². The minimum Gasteiger partial charge on any atom is -0.448 e. The average molecular weight is 293 g/mol. The molecule has 3 rings (SSSR count). The Bertz CT molecular complexity index is 658. The van der Waals surface area contributed by atoms with Crippen molar-refractivity contribution in [1.82, 2.24) is 10.3 Å². The average Bonchev–Trinajstić information content (AvgIpc) is 3.01. The van der Waals surface area contributed by atoms with Crippen molar-refractivity contribution < 1.29 is 4.42 Å². The van der Waals surface area contributed by atoms with Gasteiger partial charge in [-0.25, -0.2) is 4.98 Å². The lowest BCUT2D eigenvalue weighted by atomic mass is 10.1. The summed E-state index contributed by atoms with van der Waals surface area (Å²) >= 11 is 7.54. The quantitative estimate of drug-likeness (QED) is 0.788. The van der Waals surface area contributed by atoms with Gasteiger partial charge in [-0.15, -0.1) is 11.3 Å². The molecule has 0 saturated carbocycles. The predicted molar refractivity (Wildman–Crippen MR) is 78.8 cm³/mol. The van der Waals surface area contributed by atoms with Gasteiger partial charge in [0.25, 0.3) is 0 Å². The molecule has 0 fully saturated rings. The van der Waals surface area contributed by atoms with Crippen molar-refractivity contribution >= 4 is 33.2 Å². The highest BCUT2D eigenvalue weighted by molar-refractivity contribution is 7.18. The van der Waals surface area contributed by atoms with Gasteiger partial charge in [-0.1, -0.05) is 12.1 Å². The summed E-state index contributed by atoms with van der Waals surface area (Å²) in [7, 11) is 1.91. The van der Waals surface area contributed by atoms with E-state index in [9.17, 15) is 0 Å². The van der Waals surface area contributed by atoms with Gasteiger partial charge in [0.05, 0.1) is 21.3 Å². The van der Waals surface area contributed by atoms with Crippen molar-refractivity contribution in [2.45, 2.75) is 12.5 Å². The molecule has 0 aliphatic carbocycles. The zero-order chi connectivity index (χ0) is 13.2. The molecule has 0 bridgehead atoms. The number of halogens is 1. The molecule has 3 nitrogen and oxygen atoms in total. The summed E-state index contributed by atoms with van der Waals surface area (Å²) in [5.74, 6) is 0.840. The molecule has 3 aromatic rings. The number of para-hydroxylation sites is 1. The molecule has 1 N–H and O–H groups in total. The smallest absolute Gasteiger partial charge is 0.193 e. The van der Waals surface area contributed by atoms with Gasteiger partial charge in [-0.05, 0) is 42.9 Å². The fourth-order valence-corrected chi connectivity index (χ4v) is 3.21. The topological polar surface area (TPSA) is 38.1 Å². The molecule has 0 saturated heterocycles. The van der Waals surface area contributed by atoms with Crippen LogP contribution in [0.5, 0.6) is 0 Å². The van der Waals surface area contributed by atoms with Gasteiger partial charge >= 0.3 is 0 Å². The number of hydrogen-bond donors (Lipinski definition) is 1. The second-order valence-electron chi connectivity index (χ2n) is 4.26. The van der Waals surface area contributed by atoms with Crippen molar-refractivity contribution in [3.8, 4) is 0 Å². The van der Waals surface area contributed by atoms with Crippen LogP contribution in [0.1, 0.15) is 16.8 Å². The Morgan fingerprint density at radius 1 is 1.32 bits per heavy atom. The Kier molecular flexibility index (Phi) is 3.55. The number of aromatic nitrogens is 1. The minimum atomic E-state index is 0.0908. The molecule has 2 aromatic heterocycles. The maximum absolute atomic E-state index is 5.82. The molecule has 0 aliphatic heterocycles. The van der Waals surface area contributed by atoms with E-state index in [4.69, 9.17) is 16.0 Å². The third-order valence-corrected chi connectivity index (χ3v) is 4.26. The Morgan fingerprint density at radius 3 is 2.84 bits per heavy atom. The number of nitrogens with one attached hydrogen (secondary N) is 1. The Morgan fingerprint density at radius 2 is 2.16 bits per heavy atom. The highest BCUT2D eigenvalue weighted by Gasteiger charge is 2.16. The molecule has 0 spiro atoms. The standard InChI is InChI=1S/C14H13ClN2OS/c1-16-10(11-6-7-13(15)18-11)8-14-17-9-4-2-3-5-12(9)19-14/h2-7,10,16H,8H2,1H3. The van der Waals surface area contributed by atoms with Gasteiger partial charge < -0.3 is 9.73 Å². The zero-order valence-electron chi connectivity index (χ0n) is 10.4. The van der Waals surface area contributed by atoms with Crippen LogP contribution in [0.4, 0.5) is 0 Å². The summed E-state index contributed by atoms with van der Waals surface area (Å²) in [6.45, 7) is 0. The van der Waals surface area contributed by atoms with E-state index in [1.807, 2.05) is 31.3 Å². The van der Waals surface area contributed by atoms with Crippen LogP contribution >= 0.6 is 22.9 Å². The summed E-state index contributed by atoms with van der Waals surface area (Å²) in [5.41, 5.74) is 1.05. The molecular weight excluding hydrogens is 280 g/mol. The van der Waals surface area contributed by atoms with E-state index in [1.165, 1.54) is 4.70 Å². The second kappa shape index (κ2) is 5.33. The summed E-state index contributed by atoms with van der Waals surface area (Å²) < 4.78 is 6.68. The molecule has 0 amide bonds. The molecule has 19 heavy (non-hydrogen) atoms. The van der Waals surface area contributed by atoms with Crippen molar-refractivity contribution in [3.05, 3.63) is 52.4 Å². The third-order valence-electron chi connectivity index (χ3n) is 3.00. The lowest BCUT2D eigenvalue weighted by Gasteiger charge is -2.11. The number of nitrogens with zero attached hydrogens (tertiary/aromatic N) is 1. The first-order valence-electron chi connectivity index (χ1n) is 6.03. The first kappa shape index (κ1) is 12.7. The first-order chi connectivity index (χ1) is 9.26. The van der Waals surface area contributed by atoms with E-state index in [1.54, 1.807) is 17.4 Å². The number of furan rings is 1. The fraction of sp³-hybridized carbons (Fsp3) is 0.214. The Labute approximate surface area is 120 Å². The van der Waals surface area contributed by atoms with Gasteiger partial charge in [0.15, 0.2) is 5.22 Å². The van der Waals surface area contributed by atoms with E-state index >= 15 is 0 Å². The Hall–Kier alpha value is -1.36. The SMILES string of the molecule is CNC(Cc1nc2ccccc2s1)c1ccc(Cl)o1. The monoisotopic (exact) mass is 292 g/mol. The van der Waals surface area contributed by atoms with Gasteiger partial charge in [0, 0.05) is 6.42 Å². The highest BCUT2D eigenvalue weighted by atomic mass is 35.5. The summed E-state index contributed by atoms with van der Waals surface area (Å²) in [5, 5.41) is 4.75. The van der Waals surface area contributed by atoms with Gasteiger partial charge in [0.1, 0.15) is 5.76 Å². The normalized spacial score (nSPS) is 12.9. The number of rotatable bonds is 4. The predicted octanol–water partition coefficient (Wildman–Crippen LogP) is 4.05. The second-order valence-corrected chi connectivity index (χ2v) is 5.75. The largest absolute Gasteiger partial charge is 0.448 e. The number of fused-ring (bicyclic) bond motifs is 1. The van der Waals surface area contributed by atoms with Crippen molar-refractivity contribution in [1.29, 1.82) is 0 Å². The summed E-state index contributed by atoms with van der Waals surface area (Å²) in [4.78, 5) is 4.64. The number of hydrogen-bond acceptors (Lipinski definition) is 4. The van der Waals surface area contributed by atoms with Crippen LogP contribution < -0.4 is 5.32 Å². The molecule has 0 aliphatic rings. The molecule has 1 aromatic carbocycles. The maximum atomic E-state index is 5.82. The summed E-state index contributed by atoms with van der Waals surface area (Å²) in [6, 6.07) is 11.9. The zero-order valence-corrected chi connectivity index (χ0v) is 12.0. The molecular formula is C14H13ClN2OS. The van der Waals surface area contributed by atoms with E-state index in [0.717, 1.165) is 22.7 Å². The molecule has 98 valence electrons. The molecule has 0 radical (unpaired) electrons. The molecule has 2 heterocycles. The van der Waals surface area contributed by atoms with Crippen LogP contribution in [0.25, 0.3) is 10.2 Å². The molecule has 1 atom stereocenters. The van der Waals surface area contributed by atoms with Crippen LogP contribution in [-0.2, 0) is 6.42 Å². The highest BCUT2D eigenvalue weighted by Crippen LogP contribution is 2.27. The van der Waals surface area contributed by atoms with Crippen LogP contribution in [0.15, 0.2) is 40.8 Å². The van der Waals surface area contributed by atoms with E-state index < -0.39 is 0 Å². The lowest BCUT2D eigenvalue weighted by molar-refractivity contribution is 0.430. The maximum Gasteiger partial charge on any atom is 0.193 e. The first-order valence-corrected chi connectivity index (χ1v) is 7.22. The van der Waals surface area contributed by atoms with Crippen LogP contribution in [-0.4, -0.2) is 12.0 Å². The number of benzene rings is 1. The fourth-order valence-electron chi connectivity index (χ4n) is 2.04. The van der Waals surface area contributed by atoms with Gasteiger partial charge in [0.2, 0.25) is 0 Å². The van der Waals surface area contributed by atoms with Crippen molar-refractivity contribution in [3.63, 3.8) is 0 Å². The summed E-state index contributed by atoms with van der Waals surface area (Å²) in [6.07, 6.45) is 0.791. The lowest BCUT2D eigenvalue weighted by Crippen LogP contribution is -2.18. The number of likely N-dealkylation sites (N-methyl/N-ethyl adjacent to an activating group) is 1. The van der Waals surface area contributed by atoms with Crippen molar-refractivity contribution in [2.24, 2.45) is 0 Å². The van der Waals surface area contributed by atoms with E-state index in [-0.39, 0.29) is 6.04 Å². The van der Waals surface area contributed by atoms with Crippen LogP contribution in [0, 0.1) is 0 Å². The minimum absolute atomic E-state index is 0.0908. The van der Waals surface area contributed by atoms with Crippen LogP contribution in [0.3, 0.4) is 0 Å². The van der Waals surface area contributed by atoms with E-state index in [2.05, 4.69) is 16.4 Å². The van der Waals surface area contributed by atoms with Crippen LogP contribution in [0.2, 0.25) is 5.22 Å². The Balaban J connectivity index is 1.86. The third kappa shape index (κ3) is 2.66. The van der Waals surface area contributed by atoms with Gasteiger partial charge in [-0.3, -0.25) is 0 Å².